The third kappa shape index (κ3) is 4.65. The number of carbonyl (C=O) groups excluding carboxylic acids is 1. The summed E-state index contributed by atoms with van der Waals surface area (Å²) >= 11 is 7.80. The third-order valence-corrected chi connectivity index (χ3v) is 6.75. The quantitative estimate of drug-likeness (QED) is 0.738. The highest BCUT2D eigenvalue weighted by atomic mass is 35.5. The molecule has 4 nitrogen and oxygen atoms in total. The Morgan fingerprint density at radius 1 is 1.07 bits per heavy atom. The van der Waals surface area contributed by atoms with E-state index in [2.05, 4.69) is 40.4 Å². The van der Waals surface area contributed by atoms with Crippen LogP contribution in [0, 0.1) is 0 Å². The number of carbonyl (C=O) groups is 1. The maximum absolute atomic E-state index is 12.6. The van der Waals surface area contributed by atoms with Crippen LogP contribution in [0.1, 0.15) is 17.5 Å². The molecule has 0 bridgehead atoms. The van der Waals surface area contributed by atoms with Gasteiger partial charge in [-0.1, -0.05) is 17.7 Å². The Labute approximate surface area is 176 Å². The molecule has 0 atom stereocenters. The number of halogens is 1. The van der Waals surface area contributed by atoms with Crippen molar-refractivity contribution < 1.29 is 4.79 Å². The van der Waals surface area contributed by atoms with Crippen molar-refractivity contribution in [1.82, 2.24) is 4.90 Å². The summed E-state index contributed by atoms with van der Waals surface area (Å²) in [6.07, 6.45) is 3.59. The van der Waals surface area contributed by atoms with E-state index in [9.17, 15) is 4.79 Å². The number of likely N-dealkylation sites (N-methyl/N-ethyl adjacent to an activating group) is 1. The van der Waals surface area contributed by atoms with E-state index in [1.165, 1.54) is 28.9 Å². The predicted molar refractivity (Wildman–Crippen MR) is 119 cm³/mol. The summed E-state index contributed by atoms with van der Waals surface area (Å²) in [4.78, 5) is 18.4. The first kappa shape index (κ1) is 19.6. The topological polar surface area (TPSA) is 35.6 Å². The molecular weight excluding hydrogens is 390 g/mol. The lowest BCUT2D eigenvalue weighted by Crippen LogP contribution is -2.44. The Morgan fingerprint density at radius 2 is 1.86 bits per heavy atom. The smallest absolute Gasteiger partial charge is 0.234 e. The van der Waals surface area contributed by atoms with Crippen LogP contribution >= 0.6 is 23.4 Å². The average molecular weight is 416 g/mol. The number of nitrogens with one attached hydrogen (secondary N) is 1. The van der Waals surface area contributed by atoms with E-state index in [1.54, 1.807) is 11.8 Å². The number of rotatable bonds is 5. The average Bonchev–Trinajstić information content (AvgIpc) is 3.15. The number of amides is 1. The fourth-order valence-electron chi connectivity index (χ4n) is 3.90. The van der Waals surface area contributed by atoms with Gasteiger partial charge in [-0.25, -0.2) is 0 Å². The van der Waals surface area contributed by atoms with E-state index in [-0.39, 0.29) is 5.91 Å². The summed E-state index contributed by atoms with van der Waals surface area (Å²) in [6.45, 7) is 3.93. The minimum Gasteiger partial charge on any atom is -0.367 e. The van der Waals surface area contributed by atoms with Crippen LogP contribution in [0.4, 0.5) is 11.4 Å². The first-order chi connectivity index (χ1) is 13.6. The van der Waals surface area contributed by atoms with Gasteiger partial charge in [0.25, 0.3) is 0 Å². The van der Waals surface area contributed by atoms with Gasteiger partial charge in [-0.05, 0) is 67.8 Å². The van der Waals surface area contributed by atoms with E-state index >= 15 is 0 Å². The molecule has 1 N–H and O–H groups in total. The summed E-state index contributed by atoms with van der Waals surface area (Å²) in [5.41, 5.74) is 4.76. The number of fused-ring (bicyclic) bond motifs is 1. The molecule has 1 heterocycles. The second kappa shape index (κ2) is 8.76. The van der Waals surface area contributed by atoms with Crippen LogP contribution in [-0.4, -0.2) is 49.8 Å². The summed E-state index contributed by atoms with van der Waals surface area (Å²) < 4.78 is 0. The molecule has 0 radical (unpaired) electrons. The van der Waals surface area contributed by atoms with Crippen molar-refractivity contribution in [2.45, 2.75) is 24.2 Å². The third-order valence-electron chi connectivity index (χ3n) is 5.52. The van der Waals surface area contributed by atoms with Crippen LogP contribution in [0.3, 0.4) is 0 Å². The van der Waals surface area contributed by atoms with Gasteiger partial charge in [-0.3, -0.25) is 4.79 Å². The van der Waals surface area contributed by atoms with Gasteiger partial charge < -0.3 is 15.1 Å². The number of hydrogen-bond acceptors (Lipinski definition) is 4. The van der Waals surface area contributed by atoms with E-state index in [0.717, 1.165) is 44.0 Å². The molecular formula is C22H26ClN3OS. The molecule has 2 aromatic carbocycles. The molecule has 6 heteroatoms. The Kier molecular flexibility index (Phi) is 6.14. The Hall–Kier alpha value is -1.69. The molecule has 148 valence electrons. The number of piperazine rings is 1. The van der Waals surface area contributed by atoms with Crippen molar-refractivity contribution in [2.75, 3.05) is 49.2 Å². The summed E-state index contributed by atoms with van der Waals surface area (Å²) in [7, 11) is 2.14. The zero-order chi connectivity index (χ0) is 19.5. The molecule has 0 unspecified atom stereocenters. The standard InChI is InChI=1S/C22H26ClN3OS/c1-25-9-11-26(12-10-25)21-8-6-18(23)14-20(21)24-22(27)15-28-19-7-5-16-3-2-4-17(16)13-19/h5-8,13-14H,2-4,9-12,15H2,1H3,(H,24,27). The number of nitrogens with zero attached hydrogens (tertiary/aromatic N) is 2. The fourth-order valence-corrected chi connectivity index (χ4v) is 4.84. The van der Waals surface area contributed by atoms with E-state index < -0.39 is 0 Å². The van der Waals surface area contributed by atoms with Gasteiger partial charge in [0.1, 0.15) is 0 Å². The molecule has 0 spiro atoms. The first-order valence-electron chi connectivity index (χ1n) is 9.86. The number of hydrogen-bond donors (Lipinski definition) is 1. The molecule has 1 aliphatic heterocycles. The van der Waals surface area contributed by atoms with Gasteiger partial charge in [-0.2, -0.15) is 0 Å². The molecule has 4 rings (SSSR count). The second-order valence-electron chi connectivity index (χ2n) is 7.57. The highest BCUT2D eigenvalue weighted by molar-refractivity contribution is 8.00. The lowest BCUT2D eigenvalue weighted by Gasteiger charge is -2.35. The molecule has 1 fully saturated rings. The number of anilines is 2. The van der Waals surface area contributed by atoms with Crippen molar-refractivity contribution in [3.05, 3.63) is 52.5 Å². The highest BCUT2D eigenvalue weighted by Crippen LogP contribution is 2.31. The van der Waals surface area contributed by atoms with Crippen molar-refractivity contribution in [3.63, 3.8) is 0 Å². The van der Waals surface area contributed by atoms with Gasteiger partial charge in [0.15, 0.2) is 0 Å². The van der Waals surface area contributed by atoms with Gasteiger partial charge in [-0.15, -0.1) is 11.8 Å². The minimum absolute atomic E-state index is 0.00291. The Balaban J connectivity index is 1.40. The van der Waals surface area contributed by atoms with Crippen LogP contribution in [0.15, 0.2) is 41.3 Å². The van der Waals surface area contributed by atoms with Crippen molar-refractivity contribution in [1.29, 1.82) is 0 Å². The monoisotopic (exact) mass is 415 g/mol. The molecule has 1 aliphatic carbocycles. The maximum Gasteiger partial charge on any atom is 0.234 e. The van der Waals surface area contributed by atoms with Crippen LogP contribution in [0.25, 0.3) is 0 Å². The van der Waals surface area contributed by atoms with E-state index in [1.807, 2.05) is 18.2 Å². The molecule has 0 saturated carbocycles. The molecule has 2 aromatic rings. The number of aryl methyl sites for hydroxylation is 2. The summed E-state index contributed by atoms with van der Waals surface area (Å²) in [5.74, 6) is 0.399. The maximum atomic E-state index is 12.6. The van der Waals surface area contributed by atoms with Gasteiger partial charge in [0.05, 0.1) is 17.1 Å². The molecule has 1 saturated heterocycles. The lowest BCUT2D eigenvalue weighted by atomic mass is 10.1. The normalized spacial score (nSPS) is 16.9. The zero-order valence-electron chi connectivity index (χ0n) is 16.2. The van der Waals surface area contributed by atoms with Gasteiger partial charge in [0.2, 0.25) is 5.91 Å². The second-order valence-corrected chi connectivity index (χ2v) is 9.06. The molecule has 2 aliphatic rings. The Bertz CT molecular complexity index is 865. The van der Waals surface area contributed by atoms with Crippen LogP contribution in [0.2, 0.25) is 5.02 Å². The number of benzene rings is 2. The van der Waals surface area contributed by atoms with Crippen LogP contribution < -0.4 is 10.2 Å². The van der Waals surface area contributed by atoms with Gasteiger partial charge in [0, 0.05) is 36.1 Å². The highest BCUT2D eigenvalue weighted by Gasteiger charge is 2.18. The Morgan fingerprint density at radius 3 is 2.68 bits per heavy atom. The summed E-state index contributed by atoms with van der Waals surface area (Å²) in [6, 6.07) is 12.4. The van der Waals surface area contributed by atoms with Crippen molar-refractivity contribution >= 4 is 40.6 Å². The number of thioether (sulfide) groups is 1. The zero-order valence-corrected chi connectivity index (χ0v) is 17.8. The van der Waals surface area contributed by atoms with Crippen molar-refractivity contribution in [3.8, 4) is 0 Å². The van der Waals surface area contributed by atoms with Crippen molar-refractivity contribution in [2.24, 2.45) is 0 Å². The molecule has 28 heavy (non-hydrogen) atoms. The molecule has 1 amide bonds. The SMILES string of the molecule is CN1CCN(c2ccc(Cl)cc2NC(=O)CSc2ccc3c(c2)CCC3)CC1. The lowest BCUT2D eigenvalue weighted by molar-refractivity contribution is -0.113. The van der Waals surface area contributed by atoms with E-state index in [0.29, 0.717) is 10.8 Å². The van der Waals surface area contributed by atoms with Crippen LogP contribution in [0.5, 0.6) is 0 Å². The summed E-state index contributed by atoms with van der Waals surface area (Å²) in [5, 5.41) is 3.72. The molecule has 0 aromatic heterocycles. The van der Waals surface area contributed by atoms with Crippen LogP contribution in [-0.2, 0) is 17.6 Å². The van der Waals surface area contributed by atoms with E-state index in [4.69, 9.17) is 11.6 Å². The fraction of sp³-hybridized carbons (Fsp3) is 0.409. The first-order valence-corrected chi connectivity index (χ1v) is 11.2. The predicted octanol–water partition coefficient (Wildman–Crippen LogP) is 4.31. The minimum atomic E-state index is 0.00291. The largest absolute Gasteiger partial charge is 0.367 e. The van der Waals surface area contributed by atoms with Gasteiger partial charge >= 0.3 is 0 Å².